The molecule has 0 fully saturated rings. The van der Waals surface area contributed by atoms with Crippen LogP contribution in [0.15, 0.2) is 72.8 Å². The van der Waals surface area contributed by atoms with Gasteiger partial charge in [-0.1, -0.05) is 167 Å². The van der Waals surface area contributed by atoms with E-state index in [0.717, 1.165) is 0 Å². The Labute approximate surface area is 275 Å². The lowest BCUT2D eigenvalue weighted by molar-refractivity contribution is 0.370. The van der Waals surface area contributed by atoms with Crippen molar-refractivity contribution < 1.29 is 0 Å². The first-order chi connectivity index (χ1) is 20.9. The molecule has 0 saturated heterocycles. The molecular weight excluding hydrogens is 540 g/mol. The first-order valence-corrected chi connectivity index (χ1v) is 17.5. The molecule has 0 heteroatoms. The summed E-state index contributed by atoms with van der Waals surface area (Å²) in [5.41, 5.74) is 16.4. The Morgan fingerprint density at radius 2 is 0.822 bits per heavy atom. The predicted molar refractivity (Wildman–Crippen MR) is 197 cm³/mol. The molecular formula is C45H58. The summed E-state index contributed by atoms with van der Waals surface area (Å²) in [5, 5.41) is 0. The van der Waals surface area contributed by atoms with Crippen LogP contribution in [0.5, 0.6) is 0 Å². The van der Waals surface area contributed by atoms with Gasteiger partial charge in [-0.2, -0.15) is 0 Å². The molecule has 0 N–H and O–H groups in total. The Kier molecular flexibility index (Phi) is 8.57. The minimum atomic E-state index is -0.428. The van der Waals surface area contributed by atoms with Crippen LogP contribution in [0.4, 0.5) is 0 Å². The Hall–Kier alpha value is -3.12. The van der Waals surface area contributed by atoms with Crippen LogP contribution in [-0.4, -0.2) is 0 Å². The summed E-state index contributed by atoms with van der Waals surface area (Å²) in [4.78, 5) is 0. The lowest BCUT2D eigenvalue weighted by Gasteiger charge is -2.39. The van der Waals surface area contributed by atoms with Crippen molar-refractivity contribution in [1.29, 1.82) is 0 Å². The second kappa shape index (κ2) is 11.6. The highest BCUT2D eigenvalue weighted by molar-refractivity contribution is 5.87. The van der Waals surface area contributed by atoms with E-state index in [9.17, 15) is 0 Å². The Morgan fingerprint density at radius 1 is 0.467 bits per heavy atom. The standard InChI is InChI=1S/C45H58/c1-27(2)33-21-35(43(11,12)29(5)6)25-37(23-33)45(38-24-34(28(3)4)22-36(26-38)44(13,14)30(7)8)41-19-31(9)15-17-39(41)40-18-16-32(10)20-42(40)45/h15-30H,1-14H3. The van der Waals surface area contributed by atoms with Gasteiger partial charge in [0.05, 0.1) is 5.41 Å². The van der Waals surface area contributed by atoms with E-state index in [0.29, 0.717) is 23.7 Å². The van der Waals surface area contributed by atoms with Gasteiger partial charge in [0, 0.05) is 0 Å². The second-order valence-electron chi connectivity index (χ2n) is 16.6. The quantitative estimate of drug-likeness (QED) is 0.167. The third-order valence-corrected chi connectivity index (χ3v) is 11.9. The summed E-state index contributed by atoms with van der Waals surface area (Å²) >= 11 is 0. The van der Waals surface area contributed by atoms with Crippen molar-refractivity contribution in [3.05, 3.63) is 128 Å². The maximum absolute atomic E-state index is 2.59. The maximum Gasteiger partial charge on any atom is 0.0714 e. The molecule has 45 heavy (non-hydrogen) atoms. The molecule has 0 unspecified atom stereocenters. The van der Waals surface area contributed by atoms with Crippen LogP contribution in [0.25, 0.3) is 11.1 Å². The van der Waals surface area contributed by atoms with Crippen molar-refractivity contribution in [3.8, 4) is 11.1 Å². The maximum atomic E-state index is 2.59. The zero-order chi connectivity index (χ0) is 33.2. The number of aryl methyl sites for hydroxylation is 2. The lowest BCUT2D eigenvalue weighted by atomic mass is 9.63. The van der Waals surface area contributed by atoms with Gasteiger partial charge in [-0.15, -0.1) is 0 Å². The van der Waals surface area contributed by atoms with Crippen molar-refractivity contribution in [2.45, 2.75) is 125 Å². The van der Waals surface area contributed by atoms with Crippen LogP contribution in [0, 0.1) is 25.7 Å². The molecule has 0 bridgehead atoms. The molecule has 0 atom stereocenters. The van der Waals surface area contributed by atoms with Gasteiger partial charge in [-0.3, -0.25) is 0 Å². The van der Waals surface area contributed by atoms with Crippen molar-refractivity contribution in [2.75, 3.05) is 0 Å². The Balaban J connectivity index is 2.05. The second-order valence-corrected chi connectivity index (χ2v) is 16.6. The van der Waals surface area contributed by atoms with Gasteiger partial charge >= 0.3 is 0 Å². The molecule has 0 spiro atoms. The predicted octanol–water partition coefficient (Wildman–Crippen LogP) is 12.8. The summed E-state index contributed by atoms with van der Waals surface area (Å²) in [6.45, 7) is 33.1. The Morgan fingerprint density at radius 3 is 1.13 bits per heavy atom. The molecule has 0 amide bonds. The van der Waals surface area contributed by atoms with Crippen molar-refractivity contribution in [3.63, 3.8) is 0 Å². The molecule has 238 valence electrons. The first-order valence-electron chi connectivity index (χ1n) is 17.5. The van der Waals surface area contributed by atoms with E-state index in [2.05, 4.69) is 170 Å². The summed E-state index contributed by atoms with van der Waals surface area (Å²) < 4.78 is 0. The number of benzene rings is 4. The third kappa shape index (κ3) is 5.41. The van der Waals surface area contributed by atoms with Gasteiger partial charge in [0.25, 0.3) is 0 Å². The zero-order valence-corrected chi connectivity index (χ0v) is 30.7. The summed E-state index contributed by atoms with van der Waals surface area (Å²) in [6, 6.07) is 29.7. The monoisotopic (exact) mass is 598 g/mol. The molecule has 0 aliphatic heterocycles. The smallest absolute Gasteiger partial charge is 0.0619 e. The molecule has 0 nitrogen and oxygen atoms in total. The van der Waals surface area contributed by atoms with Crippen molar-refractivity contribution in [2.24, 2.45) is 11.8 Å². The average Bonchev–Trinajstić information content (AvgIpc) is 3.25. The average molecular weight is 599 g/mol. The SMILES string of the molecule is Cc1ccc2c(c1)C(c1cc(C(C)C)cc(C(C)(C)C(C)C)c1)(c1cc(C(C)C)cc(C(C)(C)C(C)C)c1)c1cc(C)ccc1-2. The number of hydrogen-bond acceptors (Lipinski definition) is 0. The van der Waals surface area contributed by atoms with Gasteiger partial charge in [-0.05, 0) is 104 Å². The fourth-order valence-electron chi connectivity index (χ4n) is 7.15. The molecule has 0 radical (unpaired) electrons. The van der Waals surface area contributed by atoms with Gasteiger partial charge in [-0.25, -0.2) is 0 Å². The molecule has 4 aromatic carbocycles. The molecule has 1 aliphatic rings. The van der Waals surface area contributed by atoms with E-state index in [4.69, 9.17) is 0 Å². The van der Waals surface area contributed by atoms with E-state index in [-0.39, 0.29) is 10.8 Å². The van der Waals surface area contributed by atoms with E-state index < -0.39 is 5.41 Å². The zero-order valence-electron chi connectivity index (χ0n) is 30.7. The normalized spacial score (nSPS) is 14.5. The van der Waals surface area contributed by atoms with Crippen LogP contribution in [-0.2, 0) is 16.2 Å². The molecule has 5 rings (SSSR count). The largest absolute Gasteiger partial charge is 0.0714 e. The fourth-order valence-corrected chi connectivity index (χ4v) is 7.15. The highest BCUT2D eigenvalue weighted by Gasteiger charge is 2.48. The minimum absolute atomic E-state index is 0.0366. The molecule has 0 saturated carbocycles. The Bertz CT molecular complexity index is 1590. The van der Waals surface area contributed by atoms with E-state index in [1.165, 1.54) is 66.8 Å². The van der Waals surface area contributed by atoms with E-state index in [1.807, 2.05) is 0 Å². The van der Waals surface area contributed by atoms with Crippen LogP contribution < -0.4 is 0 Å². The number of fused-ring (bicyclic) bond motifs is 3. The van der Waals surface area contributed by atoms with Gasteiger partial charge < -0.3 is 0 Å². The van der Waals surface area contributed by atoms with Gasteiger partial charge in [0.2, 0.25) is 0 Å². The third-order valence-electron chi connectivity index (χ3n) is 11.9. The number of hydrogen-bond donors (Lipinski definition) is 0. The summed E-state index contributed by atoms with van der Waals surface area (Å²) in [6.07, 6.45) is 0. The van der Waals surface area contributed by atoms with Crippen LogP contribution in [0.3, 0.4) is 0 Å². The fraction of sp³-hybridized carbons (Fsp3) is 0.467. The minimum Gasteiger partial charge on any atom is -0.0619 e. The van der Waals surface area contributed by atoms with Gasteiger partial charge in [0.15, 0.2) is 0 Å². The van der Waals surface area contributed by atoms with E-state index in [1.54, 1.807) is 0 Å². The van der Waals surface area contributed by atoms with Crippen LogP contribution >= 0.6 is 0 Å². The van der Waals surface area contributed by atoms with Gasteiger partial charge in [0.1, 0.15) is 0 Å². The highest BCUT2D eigenvalue weighted by atomic mass is 14.5. The van der Waals surface area contributed by atoms with Crippen molar-refractivity contribution >= 4 is 0 Å². The van der Waals surface area contributed by atoms with Crippen LogP contribution in [0.2, 0.25) is 0 Å². The molecule has 0 aromatic heterocycles. The topological polar surface area (TPSA) is 0 Å². The first kappa shape index (κ1) is 33.2. The molecule has 4 aromatic rings. The highest BCUT2D eigenvalue weighted by Crippen LogP contribution is 2.58. The molecule has 1 aliphatic carbocycles. The van der Waals surface area contributed by atoms with E-state index >= 15 is 0 Å². The number of rotatable bonds is 8. The molecule has 0 heterocycles. The van der Waals surface area contributed by atoms with Crippen molar-refractivity contribution in [1.82, 2.24) is 0 Å². The summed E-state index contributed by atoms with van der Waals surface area (Å²) in [5.74, 6) is 1.88. The van der Waals surface area contributed by atoms with Crippen LogP contribution in [0.1, 0.15) is 151 Å². The summed E-state index contributed by atoms with van der Waals surface area (Å²) in [7, 11) is 0. The lowest BCUT2D eigenvalue weighted by Crippen LogP contribution is -2.32.